The number of pyridine rings is 1. The molecule has 1 aliphatic heterocycles. The number of hydrogen-bond donors (Lipinski definition) is 1. The van der Waals surface area contributed by atoms with E-state index in [1.54, 1.807) is 0 Å². The van der Waals surface area contributed by atoms with Crippen LogP contribution in [0.15, 0.2) is 42.9 Å². The number of nitrogens with one attached hydrogen (secondary N) is 1. The van der Waals surface area contributed by atoms with Gasteiger partial charge in [0.15, 0.2) is 0 Å². The van der Waals surface area contributed by atoms with Crippen LogP contribution < -0.4 is 0 Å². The first-order valence-corrected chi connectivity index (χ1v) is 12.3. The minimum Gasteiger partial charge on any atom is -0.354 e. The van der Waals surface area contributed by atoms with Gasteiger partial charge in [0.25, 0.3) is 0 Å². The molecular weight excluding hydrogens is 422 g/mol. The third kappa shape index (κ3) is 4.11. The summed E-state index contributed by atoms with van der Waals surface area (Å²) >= 11 is 0. The number of H-pyrrole nitrogens is 1. The maximum atomic E-state index is 12.4. The van der Waals surface area contributed by atoms with Gasteiger partial charge in [-0.05, 0) is 81.1 Å². The highest BCUT2D eigenvalue weighted by Gasteiger charge is 2.25. The fourth-order valence-electron chi connectivity index (χ4n) is 5.49. The molecule has 6 nitrogen and oxygen atoms in total. The minimum absolute atomic E-state index is 0.238. The van der Waals surface area contributed by atoms with Crippen LogP contribution in [0, 0.1) is 6.92 Å². The molecule has 4 aromatic rings. The molecule has 1 amide bonds. The van der Waals surface area contributed by atoms with E-state index in [0.29, 0.717) is 18.4 Å². The van der Waals surface area contributed by atoms with Crippen molar-refractivity contribution >= 4 is 22.3 Å². The summed E-state index contributed by atoms with van der Waals surface area (Å²) in [5, 5.41) is 1.32. The number of likely N-dealkylation sites (tertiary alicyclic amines) is 1. The Hall–Kier alpha value is -3.12. The molecule has 178 valence electrons. The van der Waals surface area contributed by atoms with E-state index >= 15 is 0 Å². The number of amides is 1. The lowest BCUT2D eigenvalue weighted by atomic mass is 9.87. The largest absolute Gasteiger partial charge is 0.354 e. The van der Waals surface area contributed by atoms with Crippen molar-refractivity contribution in [3.63, 3.8) is 0 Å². The van der Waals surface area contributed by atoms with Gasteiger partial charge in [-0.15, -0.1) is 0 Å². The first kappa shape index (κ1) is 22.7. The summed E-state index contributed by atoms with van der Waals surface area (Å²) < 4.78 is 2.12. The van der Waals surface area contributed by atoms with Crippen LogP contribution in [0.25, 0.3) is 27.7 Å². The Morgan fingerprint density at radius 1 is 1.18 bits per heavy atom. The molecule has 34 heavy (non-hydrogen) atoms. The highest BCUT2D eigenvalue weighted by molar-refractivity contribution is 5.92. The molecule has 5 rings (SSSR count). The SMILES string of the molecule is Cc1cc(-c2[nH]c3ccc(C4CCN(C(=O)CN(C)C)CC4)cc3c2C(C)C)cc2cncn12. The van der Waals surface area contributed by atoms with Gasteiger partial charge in [-0.2, -0.15) is 0 Å². The Kier molecular flexibility index (Phi) is 5.94. The van der Waals surface area contributed by atoms with Crippen LogP contribution in [-0.4, -0.2) is 63.8 Å². The second-order valence-corrected chi connectivity index (χ2v) is 10.3. The number of aryl methyl sites for hydroxylation is 1. The van der Waals surface area contributed by atoms with Gasteiger partial charge >= 0.3 is 0 Å². The molecule has 1 aromatic carbocycles. The minimum atomic E-state index is 0.238. The van der Waals surface area contributed by atoms with Gasteiger partial charge in [0, 0.05) is 35.2 Å². The number of imidazole rings is 1. The number of aromatic nitrogens is 3. The highest BCUT2D eigenvalue weighted by atomic mass is 16.2. The molecule has 4 heterocycles. The lowest BCUT2D eigenvalue weighted by Crippen LogP contribution is -2.42. The average molecular weight is 458 g/mol. The number of rotatable bonds is 5. The van der Waals surface area contributed by atoms with Crippen LogP contribution in [0.2, 0.25) is 0 Å². The van der Waals surface area contributed by atoms with Crippen LogP contribution >= 0.6 is 0 Å². The lowest BCUT2D eigenvalue weighted by Gasteiger charge is -2.33. The molecule has 0 saturated carbocycles. The Balaban J connectivity index is 1.47. The molecule has 3 aromatic heterocycles. The van der Waals surface area contributed by atoms with Crippen LogP contribution in [0.3, 0.4) is 0 Å². The zero-order valence-corrected chi connectivity index (χ0v) is 20.9. The predicted octanol–water partition coefficient (Wildman–Crippen LogP) is 5.18. The van der Waals surface area contributed by atoms with Gasteiger partial charge in [-0.3, -0.25) is 4.79 Å². The van der Waals surface area contributed by atoms with E-state index < -0.39 is 0 Å². The first-order chi connectivity index (χ1) is 16.3. The van der Waals surface area contributed by atoms with Gasteiger partial charge in [0.1, 0.15) is 0 Å². The molecule has 0 atom stereocenters. The molecule has 0 radical (unpaired) electrons. The van der Waals surface area contributed by atoms with Crippen molar-refractivity contribution in [1.82, 2.24) is 24.2 Å². The first-order valence-electron chi connectivity index (χ1n) is 12.3. The van der Waals surface area contributed by atoms with Crippen LogP contribution in [0.4, 0.5) is 0 Å². The van der Waals surface area contributed by atoms with Gasteiger partial charge < -0.3 is 19.2 Å². The van der Waals surface area contributed by atoms with Gasteiger partial charge in [0.05, 0.1) is 30.3 Å². The van der Waals surface area contributed by atoms with E-state index in [4.69, 9.17) is 0 Å². The maximum Gasteiger partial charge on any atom is 0.236 e. The number of benzene rings is 1. The zero-order chi connectivity index (χ0) is 24.0. The van der Waals surface area contributed by atoms with E-state index in [1.807, 2.05) is 36.4 Å². The second-order valence-electron chi connectivity index (χ2n) is 10.3. The van der Waals surface area contributed by atoms with E-state index in [-0.39, 0.29) is 5.91 Å². The fraction of sp³-hybridized carbons (Fsp3) is 0.429. The summed E-state index contributed by atoms with van der Waals surface area (Å²) in [4.78, 5) is 24.5. The Labute approximate surface area is 201 Å². The molecule has 0 aliphatic carbocycles. The molecule has 1 saturated heterocycles. The molecule has 0 unspecified atom stereocenters. The van der Waals surface area contributed by atoms with E-state index in [2.05, 4.69) is 65.5 Å². The number of likely N-dealkylation sites (N-methyl/N-ethyl adjacent to an activating group) is 1. The zero-order valence-electron chi connectivity index (χ0n) is 20.9. The number of fused-ring (bicyclic) bond motifs is 2. The third-order valence-electron chi connectivity index (χ3n) is 7.21. The number of nitrogens with zero attached hydrogens (tertiary/aromatic N) is 4. The summed E-state index contributed by atoms with van der Waals surface area (Å²) in [5.41, 5.74) is 8.65. The summed E-state index contributed by atoms with van der Waals surface area (Å²) in [6.45, 7) is 8.86. The Morgan fingerprint density at radius 3 is 2.65 bits per heavy atom. The summed E-state index contributed by atoms with van der Waals surface area (Å²) in [5.74, 6) is 1.13. The van der Waals surface area contributed by atoms with Crippen molar-refractivity contribution in [1.29, 1.82) is 0 Å². The van der Waals surface area contributed by atoms with E-state index in [0.717, 1.165) is 31.4 Å². The average Bonchev–Trinajstić information content (AvgIpc) is 3.43. The summed E-state index contributed by atoms with van der Waals surface area (Å²) in [6.07, 6.45) is 5.84. The number of piperidine rings is 1. The van der Waals surface area contributed by atoms with E-state index in [1.165, 1.54) is 39.0 Å². The molecule has 1 N–H and O–H groups in total. The van der Waals surface area contributed by atoms with Crippen molar-refractivity contribution in [2.24, 2.45) is 0 Å². The standard InChI is InChI=1S/C28H35N5O/c1-18(2)27-24-14-21(20-8-10-32(11-9-20)26(34)16-31(4)5)6-7-25(24)30-28(27)22-12-19(3)33-17-29-15-23(33)13-22/h6-7,12-15,17-18,20,30H,8-11,16H2,1-5H3. The number of hydrogen-bond acceptors (Lipinski definition) is 3. The molecule has 0 spiro atoms. The van der Waals surface area contributed by atoms with Gasteiger partial charge in [-0.25, -0.2) is 4.98 Å². The Morgan fingerprint density at radius 2 is 1.94 bits per heavy atom. The number of carbonyl (C=O) groups excluding carboxylic acids is 1. The maximum absolute atomic E-state index is 12.4. The smallest absolute Gasteiger partial charge is 0.236 e. The molecule has 0 bridgehead atoms. The summed E-state index contributed by atoms with van der Waals surface area (Å²) in [6, 6.07) is 11.4. The normalized spacial score (nSPS) is 15.3. The molecule has 6 heteroatoms. The summed E-state index contributed by atoms with van der Waals surface area (Å²) in [7, 11) is 3.90. The monoisotopic (exact) mass is 457 g/mol. The fourth-order valence-corrected chi connectivity index (χ4v) is 5.49. The molecule has 1 fully saturated rings. The van der Waals surface area contributed by atoms with Crippen molar-refractivity contribution < 1.29 is 4.79 Å². The van der Waals surface area contributed by atoms with Crippen molar-refractivity contribution in [3.8, 4) is 11.3 Å². The predicted molar refractivity (Wildman–Crippen MR) is 138 cm³/mol. The quantitative estimate of drug-likeness (QED) is 0.449. The topological polar surface area (TPSA) is 56.6 Å². The second kappa shape index (κ2) is 8.91. The molecule has 1 aliphatic rings. The van der Waals surface area contributed by atoms with Gasteiger partial charge in [0.2, 0.25) is 5.91 Å². The van der Waals surface area contributed by atoms with Crippen LogP contribution in [0.5, 0.6) is 0 Å². The van der Waals surface area contributed by atoms with Crippen LogP contribution in [0.1, 0.15) is 55.3 Å². The van der Waals surface area contributed by atoms with Crippen molar-refractivity contribution in [2.75, 3.05) is 33.7 Å². The van der Waals surface area contributed by atoms with Gasteiger partial charge in [-0.1, -0.05) is 19.9 Å². The third-order valence-corrected chi connectivity index (χ3v) is 7.21. The van der Waals surface area contributed by atoms with Crippen LogP contribution in [-0.2, 0) is 4.79 Å². The molecular formula is C28H35N5O. The highest BCUT2D eigenvalue weighted by Crippen LogP contribution is 2.38. The van der Waals surface area contributed by atoms with E-state index in [9.17, 15) is 4.79 Å². The van der Waals surface area contributed by atoms with Crippen molar-refractivity contribution in [3.05, 3.63) is 59.7 Å². The number of carbonyl (C=O) groups is 1. The Bertz CT molecular complexity index is 1340. The van der Waals surface area contributed by atoms with Crippen molar-refractivity contribution in [2.45, 2.75) is 45.4 Å². The lowest BCUT2D eigenvalue weighted by molar-refractivity contribution is -0.132. The number of aromatic amines is 1.